The highest BCUT2D eigenvalue weighted by atomic mass is 19.1. The number of carbonyl (C=O) groups excluding carboxylic acids is 1. The van der Waals surface area contributed by atoms with Crippen molar-refractivity contribution in [2.24, 2.45) is 5.92 Å². The summed E-state index contributed by atoms with van der Waals surface area (Å²) in [7, 11) is 1.54. The lowest BCUT2D eigenvalue weighted by atomic mass is 9.88. The van der Waals surface area contributed by atoms with Gasteiger partial charge in [0.15, 0.2) is 0 Å². The van der Waals surface area contributed by atoms with E-state index in [1.165, 1.54) is 19.2 Å². The van der Waals surface area contributed by atoms with Crippen LogP contribution in [0, 0.1) is 11.7 Å². The first-order chi connectivity index (χ1) is 9.65. The molecule has 0 aromatic heterocycles. The third-order valence-corrected chi connectivity index (χ3v) is 4.35. The van der Waals surface area contributed by atoms with Gasteiger partial charge in [-0.05, 0) is 43.9 Å². The highest BCUT2D eigenvalue weighted by molar-refractivity contribution is 5.84. The monoisotopic (exact) mass is 278 g/mol. The summed E-state index contributed by atoms with van der Waals surface area (Å²) in [5.41, 5.74) is 0.635. The lowest BCUT2D eigenvalue weighted by Crippen LogP contribution is -2.30. The number of methoxy groups -OCH3 is 1. The van der Waals surface area contributed by atoms with Crippen molar-refractivity contribution in [1.82, 2.24) is 0 Å². The van der Waals surface area contributed by atoms with Crippen molar-refractivity contribution in [2.45, 2.75) is 44.3 Å². The van der Waals surface area contributed by atoms with Gasteiger partial charge in [-0.1, -0.05) is 0 Å². The zero-order valence-corrected chi connectivity index (χ0v) is 11.6. The number of ether oxygens (including phenoxy) is 2. The average molecular weight is 278 g/mol. The predicted octanol–water partition coefficient (Wildman–Crippen LogP) is 2.90. The van der Waals surface area contributed by atoms with Crippen molar-refractivity contribution in [3.8, 4) is 5.75 Å². The molecule has 0 radical (unpaired) electrons. The van der Waals surface area contributed by atoms with E-state index in [2.05, 4.69) is 0 Å². The largest absolute Gasteiger partial charge is 0.496 e. The molecule has 1 aromatic carbocycles. The molecule has 2 aliphatic heterocycles. The van der Waals surface area contributed by atoms with E-state index < -0.39 is 0 Å². The SMILES string of the molecule is COc1ccc(F)cc1CC(=O)C1CC2CCC(C1)O2. The van der Waals surface area contributed by atoms with E-state index in [4.69, 9.17) is 9.47 Å². The third kappa shape index (κ3) is 2.70. The van der Waals surface area contributed by atoms with Gasteiger partial charge in [-0.25, -0.2) is 4.39 Å². The van der Waals surface area contributed by atoms with E-state index in [9.17, 15) is 9.18 Å². The van der Waals surface area contributed by atoms with Crippen molar-refractivity contribution in [3.63, 3.8) is 0 Å². The van der Waals surface area contributed by atoms with Gasteiger partial charge in [0, 0.05) is 17.9 Å². The minimum Gasteiger partial charge on any atom is -0.496 e. The third-order valence-electron chi connectivity index (χ3n) is 4.35. The van der Waals surface area contributed by atoms with Crippen LogP contribution in [0.25, 0.3) is 0 Å². The van der Waals surface area contributed by atoms with E-state index in [0.717, 1.165) is 25.7 Å². The molecule has 2 heterocycles. The van der Waals surface area contributed by atoms with Crippen molar-refractivity contribution < 1.29 is 18.7 Å². The molecular formula is C16H19FO3. The van der Waals surface area contributed by atoms with Gasteiger partial charge in [-0.2, -0.15) is 0 Å². The second-order valence-electron chi connectivity index (χ2n) is 5.73. The molecule has 0 amide bonds. The van der Waals surface area contributed by atoms with Gasteiger partial charge in [0.2, 0.25) is 0 Å². The van der Waals surface area contributed by atoms with Crippen molar-refractivity contribution in [3.05, 3.63) is 29.6 Å². The summed E-state index contributed by atoms with van der Waals surface area (Å²) >= 11 is 0. The van der Waals surface area contributed by atoms with Crippen LogP contribution in [-0.4, -0.2) is 25.1 Å². The minimum atomic E-state index is -0.333. The number of benzene rings is 1. The Morgan fingerprint density at radius 2 is 2.05 bits per heavy atom. The molecule has 1 aromatic rings. The van der Waals surface area contributed by atoms with Crippen molar-refractivity contribution in [1.29, 1.82) is 0 Å². The first kappa shape index (κ1) is 13.6. The number of hydrogen-bond acceptors (Lipinski definition) is 3. The molecule has 0 spiro atoms. The van der Waals surface area contributed by atoms with Gasteiger partial charge in [-0.3, -0.25) is 4.79 Å². The topological polar surface area (TPSA) is 35.5 Å². The smallest absolute Gasteiger partial charge is 0.140 e. The van der Waals surface area contributed by atoms with Gasteiger partial charge in [0.1, 0.15) is 17.3 Å². The molecule has 2 aliphatic rings. The summed E-state index contributed by atoms with van der Waals surface area (Å²) in [6.07, 6.45) is 4.50. The zero-order valence-electron chi connectivity index (χ0n) is 11.6. The number of carbonyl (C=O) groups is 1. The maximum absolute atomic E-state index is 13.3. The highest BCUT2D eigenvalue weighted by Gasteiger charge is 2.37. The second-order valence-corrected chi connectivity index (χ2v) is 5.73. The lowest BCUT2D eigenvalue weighted by molar-refractivity contribution is -0.127. The summed E-state index contributed by atoms with van der Waals surface area (Å²) in [4.78, 5) is 12.4. The fourth-order valence-corrected chi connectivity index (χ4v) is 3.34. The van der Waals surface area contributed by atoms with Gasteiger partial charge in [0.25, 0.3) is 0 Å². The number of rotatable bonds is 4. The van der Waals surface area contributed by atoms with Crippen LogP contribution in [0.5, 0.6) is 5.75 Å². The van der Waals surface area contributed by atoms with Crippen LogP contribution in [0.1, 0.15) is 31.2 Å². The highest BCUT2D eigenvalue weighted by Crippen LogP contribution is 2.37. The molecule has 20 heavy (non-hydrogen) atoms. The number of hydrogen-bond donors (Lipinski definition) is 0. The van der Waals surface area contributed by atoms with Crippen LogP contribution in [0.2, 0.25) is 0 Å². The standard InChI is InChI=1S/C16H19FO3/c1-19-16-5-2-12(17)6-11(16)9-15(18)10-7-13-3-4-14(8-10)20-13/h2,5-6,10,13-14H,3-4,7-9H2,1H3. The van der Waals surface area contributed by atoms with Gasteiger partial charge in [0.05, 0.1) is 19.3 Å². The van der Waals surface area contributed by atoms with E-state index in [1.807, 2.05) is 0 Å². The predicted molar refractivity (Wildman–Crippen MR) is 72.3 cm³/mol. The minimum absolute atomic E-state index is 0.0502. The molecule has 2 unspecified atom stereocenters. The summed E-state index contributed by atoms with van der Waals surface area (Å²) in [6.45, 7) is 0. The zero-order chi connectivity index (χ0) is 14.1. The quantitative estimate of drug-likeness (QED) is 0.849. The normalized spacial score (nSPS) is 28.4. The Morgan fingerprint density at radius 3 is 2.70 bits per heavy atom. The number of fused-ring (bicyclic) bond motifs is 2. The van der Waals surface area contributed by atoms with Gasteiger partial charge < -0.3 is 9.47 Å². The van der Waals surface area contributed by atoms with Crippen LogP contribution < -0.4 is 4.74 Å². The van der Waals surface area contributed by atoms with Crippen molar-refractivity contribution >= 4 is 5.78 Å². The first-order valence-corrected chi connectivity index (χ1v) is 7.16. The summed E-state index contributed by atoms with van der Waals surface area (Å²) in [6, 6.07) is 4.32. The summed E-state index contributed by atoms with van der Waals surface area (Å²) in [5.74, 6) is 0.471. The van der Waals surface area contributed by atoms with Gasteiger partial charge in [-0.15, -0.1) is 0 Å². The first-order valence-electron chi connectivity index (χ1n) is 7.16. The van der Waals surface area contributed by atoms with Crippen LogP contribution in [0.4, 0.5) is 4.39 Å². The van der Waals surface area contributed by atoms with Crippen LogP contribution in [0.15, 0.2) is 18.2 Å². The van der Waals surface area contributed by atoms with Gasteiger partial charge >= 0.3 is 0 Å². The molecule has 2 fully saturated rings. The summed E-state index contributed by atoms with van der Waals surface area (Å²) in [5, 5.41) is 0. The van der Waals surface area contributed by atoms with Crippen LogP contribution in [0.3, 0.4) is 0 Å². The maximum atomic E-state index is 13.3. The molecule has 0 saturated carbocycles. The fourth-order valence-electron chi connectivity index (χ4n) is 3.34. The molecule has 4 heteroatoms. The number of Topliss-reactive ketones (excluding diaryl/α,β-unsaturated/α-hetero) is 1. The van der Waals surface area contributed by atoms with Crippen molar-refractivity contribution in [2.75, 3.05) is 7.11 Å². The maximum Gasteiger partial charge on any atom is 0.140 e. The van der Waals surface area contributed by atoms with Crippen LogP contribution >= 0.6 is 0 Å². The average Bonchev–Trinajstić information content (AvgIpc) is 2.77. The van der Waals surface area contributed by atoms with E-state index in [0.29, 0.717) is 11.3 Å². The van der Waals surface area contributed by atoms with E-state index in [1.54, 1.807) is 6.07 Å². The molecule has 3 nitrogen and oxygen atoms in total. The summed E-state index contributed by atoms with van der Waals surface area (Å²) < 4.78 is 24.3. The van der Waals surface area contributed by atoms with E-state index >= 15 is 0 Å². The Balaban J connectivity index is 1.71. The van der Waals surface area contributed by atoms with E-state index in [-0.39, 0.29) is 36.1 Å². The molecule has 2 atom stereocenters. The Labute approximate surface area is 118 Å². The fraction of sp³-hybridized carbons (Fsp3) is 0.562. The molecule has 2 saturated heterocycles. The second kappa shape index (κ2) is 5.52. The lowest BCUT2D eigenvalue weighted by Gasteiger charge is -2.27. The number of halogens is 1. The van der Waals surface area contributed by atoms with Crippen LogP contribution in [-0.2, 0) is 16.0 Å². The molecule has 3 rings (SSSR count). The number of ketones is 1. The molecular weight excluding hydrogens is 259 g/mol. The molecule has 0 N–H and O–H groups in total. The molecule has 2 bridgehead atoms. The Kier molecular flexibility index (Phi) is 3.74. The Bertz CT molecular complexity index is 502. The Hall–Kier alpha value is -1.42. The molecule has 0 aliphatic carbocycles. The molecule has 108 valence electrons. The Morgan fingerprint density at radius 1 is 1.35 bits per heavy atom.